The molecule has 0 saturated carbocycles. The topological polar surface area (TPSA) is 70.8 Å². The van der Waals surface area contributed by atoms with Crippen LogP contribution in [0.15, 0.2) is 76.9 Å². The largest absolute Gasteiger partial charge is 0.507 e. The molecule has 1 unspecified atom stereocenters. The number of furan rings is 1. The Morgan fingerprint density at radius 2 is 1.65 bits per heavy atom. The van der Waals surface area contributed by atoms with Crippen LogP contribution in [0.4, 0.5) is 18.9 Å². The molecule has 0 aliphatic carbocycles. The molecule has 31 heavy (non-hydrogen) atoms. The Morgan fingerprint density at radius 1 is 1.00 bits per heavy atom. The molecule has 9 heteroatoms. The summed E-state index contributed by atoms with van der Waals surface area (Å²) in [4.78, 5) is 26.7. The summed E-state index contributed by atoms with van der Waals surface area (Å²) in [5, 5.41) is 11.2. The van der Waals surface area contributed by atoms with E-state index in [2.05, 4.69) is 0 Å². The van der Waals surface area contributed by atoms with E-state index in [0.717, 1.165) is 29.2 Å². The Morgan fingerprint density at radius 3 is 2.19 bits per heavy atom. The molecule has 0 radical (unpaired) electrons. The zero-order chi connectivity index (χ0) is 22.3. The number of alkyl halides is 3. The molecule has 2 heterocycles. The fourth-order valence-electron chi connectivity index (χ4n) is 3.39. The van der Waals surface area contributed by atoms with E-state index in [-0.39, 0.29) is 22.6 Å². The Bertz CT molecular complexity index is 1170. The van der Waals surface area contributed by atoms with Crippen molar-refractivity contribution in [2.75, 3.05) is 4.90 Å². The van der Waals surface area contributed by atoms with Crippen molar-refractivity contribution in [1.29, 1.82) is 0 Å². The minimum atomic E-state index is -4.55. The highest BCUT2D eigenvalue weighted by Crippen LogP contribution is 2.43. The number of ketones is 1. The molecule has 1 aliphatic heterocycles. The number of aliphatic hydroxyl groups is 1. The van der Waals surface area contributed by atoms with Gasteiger partial charge in [0.2, 0.25) is 0 Å². The molecule has 1 N–H and O–H groups in total. The van der Waals surface area contributed by atoms with Crippen LogP contribution in [0.5, 0.6) is 0 Å². The smallest absolute Gasteiger partial charge is 0.416 e. The number of benzene rings is 2. The summed E-state index contributed by atoms with van der Waals surface area (Å²) >= 11 is 5.86. The standard InChI is InChI=1S/C22H13ClF3NO4/c23-14-7-3-12(4-8-14)19(28)17-18(16-2-1-11-31-16)27(21(30)20(17)29)15-9-5-13(6-10-15)22(24,25)26/h1-11,18,28H/b19-17-. The number of carbonyl (C=O) groups excluding carboxylic acids is 2. The van der Waals surface area contributed by atoms with Crippen LogP contribution in [-0.4, -0.2) is 16.8 Å². The summed E-state index contributed by atoms with van der Waals surface area (Å²) in [7, 11) is 0. The van der Waals surface area contributed by atoms with Gasteiger partial charge in [0, 0.05) is 16.3 Å². The van der Waals surface area contributed by atoms with Crippen LogP contribution in [0.1, 0.15) is 22.9 Å². The Hall–Kier alpha value is -3.52. The van der Waals surface area contributed by atoms with Crippen LogP contribution in [0, 0.1) is 0 Å². The summed E-state index contributed by atoms with van der Waals surface area (Å²) in [6.07, 6.45) is -3.23. The van der Waals surface area contributed by atoms with E-state index in [1.54, 1.807) is 0 Å². The van der Waals surface area contributed by atoms with E-state index < -0.39 is 35.2 Å². The first-order valence-corrected chi connectivity index (χ1v) is 9.34. The first kappa shape index (κ1) is 20.7. The van der Waals surface area contributed by atoms with Gasteiger partial charge in [0.1, 0.15) is 17.6 Å². The maximum Gasteiger partial charge on any atom is 0.416 e. The minimum Gasteiger partial charge on any atom is -0.507 e. The number of amides is 1. The summed E-state index contributed by atoms with van der Waals surface area (Å²) in [5.41, 5.74) is -0.858. The highest BCUT2D eigenvalue weighted by Gasteiger charge is 2.48. The van der Waals surface area contributed by atoms with E-state index in [0.29, 0.717) is 5.02 Å². The van der Waals surface area contributed by atoms with Gasteiger partial charge < -0.3 is 9.52 Å². The maximum atomic E-state index is 12.9. The number of halogens is 4. The average molecular weight is 448 g/mol. The molecular weight excluding hydrogens is 435 g/mol. The number of anilines is 1. The van der Waals surface area contributed by atoms with Crippen molar-refractivity contribution < 1.29 is 32.3 Å². The van der Waals surface area contributed by atoms with Gasteiger partial charge in [-0.05, 0) is 60.7 Å². The molecule has 2 aromatic carbocycles. The van der Waals surface area contributed by atoms with Crippen molar-refractivity contribution in [3.63, 3.8) is 0 Å². The van der Waals surface area contributed by atoms with Gasteiger partial charge in [0.25, 0.3) is 11.7 Å². The molecule has 1 aliphatic rings. The zero-order valence-corrected chi connectivity index (χ0v) is 16.3. The lowest BCUT2D eigenvalue weighted by atomic mass is 9.99. The normalized spacial score (nSPS) is 18.6. The second-order valence-corrected chi connectivity index (χ2v) is 7.17. The van der Waals surface area contributed by atoms with Gasteiger partial charge in [0.05, 0.1) is 17.4 Å². The van der Waals surface area contributed by atoms with Gasteiger partial charge >= 0.3 is 6.18 Å². The molecule has 1 amide bonds. The highest BCUT2D eigenvalue weighted by molar-refractivity contribution is 6.51. The van der Waals surface area contributed by atoms with E-state index in [4.69, 9.17) is 16.0 Å². The minimum absolute atomic E-state index is 0.0478. The number of rotatable bonds is 3. The predicted octanol–water partition coefficient (Wildman–Crippen LogP) is 5.58. The van der Waals surface area contributed by atoms with E-state index in [1.165, 1.54) is 42.7 Å². The number of Topliss-reactive ketones (excluding diaryl/α,β-unsaturated/α-hetero) is 1. The van der Waals surface area contributed by atoms with Crippen LogP contribution in [0.25, 0.3) is 5.76 Å². The van der Waals surface area contributed by atoms with E-state index in [1.807, 2.05) is 0 Å². The first-order chi connectivity index (χ1) is 14.7. The summed E-state index contributed by atoms with van der Waals surface area (Å²) in [6, 6.07) is 11.6. The van der Waals surface area contributed by atoms with E-state index >= 15 is 0 Å². The van der Waals surface area contributed by atoms with Crippen LogP contribution in [0.3, 0.4) is 0 Å². The lowest BCUT2D eigenvalue weighted by Crippen LogP contribution is -2.29. The fourth-order valence-corrected chi connectivity index (χ4v) is 3.52. The van der Waals surface area contributed by atoms with Crippen LogP contribution in [0.2, 0.25) is 5.02 Å². The lowest BCUT2D eigenvalue weighted by molar-refractivity contribution is -0.137. The zero-order valence-electron chi connectivity index (χ0n) is 15.6. The molecule has 5 nitrogen and oxygen atoms in total. The molecule has 1 atom stereocenters. The third-order valence-electron chi connectivity index (χ3n) is 4.85. The van der Waals surface area contributed by atoms with Gasteiger partial charge in [-0.3, -0.25) is 14.5 Å². The average Bonchev–Trinajstić information content (AvgIpc) is 3.35. The summed E-state index contributed by atoms with van der Waals surface area (Å²) in [5.74, 6) is -2.29. The van der Waals surface area contributed by atoms with Crippen molar-refractivity contribution in [1.82, 2.24) is 0 Å². The number of carbonyl (C=O) groups is 2. The summed E-state index contributed by atoms with van der Waals surface area (Å²) in [6.45, 7) is 0. The van der Waals surface area contributed by atoms with Crippen molar-refractivity contribution in [3.8, 4) is 0 Å². The molecule has 1 saturated heterocycles. The van der Waals surface area contributed by atoms with Gasteiger partial charge in [-0.15, -0.1) is 0 Å². The lowest BCUT2D eigenvalue weighted by Gasteiger charge is -2.23. The number of hydrogen-bond donors (Lipinski definition) is 1. The van der Waals surface area contributed by atoms with E-state index in [9.17, 15) is 27.9 Å². The predicted molar refractivity (Wildman–Crippen MR) is 106 cm³/mol. The summed E-state index contributed by atoms with van der Waals surface area (Å²) < 4.78 is 44.1. The number of hydrogen-bond acceptors (Lipinski definition) is 4. The fraction of sp³-hybridized carbons (Fsp3) is 0.0909. The van der Waals surface area contributed by atoms with Crippen LogP contribution >= 0.6 is 11.6 Å². The van der Waals surface area contributed by atoms with Crippen molar-refractivity contribution >= 4 is 34.7 Å². The van der Waals surface area contributed by atoms with Crippen molar-refractivity contribution in [2.45, 2.75) is 12.2 Å². The molecule has 158 valence electrons. The second-order valence-electron chi connectivity index (χ2n) is 6.74. The Balaban J connectivity index is 1.86. The molecule has 4 rings (SSSR count). The Labute approximate surface area is 179 Å². The Kier molecular flexibility index (Phi) is 5.10. The molecule has 0 spiro atoms. The van der Waals surface area contributed by atoms with Crippen LogP contribution < -0.4 is 4.90 Å². The molecule has 1 aromatic heterocycles. The van der Waals surface area contributed by atoms with Crippen molar-refractivity contribution in [2.24, 2.45) is 0 Å². The highest BCUT2D eigenvalue weighted by atomic mass is 35.5. The van der Waals surface area contributed by atoms with Gasteiger partial charge in [-0.2, -0.15) is 13.2 Å². The van der Waals surface area contributed by atoms with Gasteiger partial charge in [0.15, 0.2) is 0 Å². The molecule has 3 aromatic rings. The third kappa shape index (κ3) is 3.70. The monoisotopic (exact) mass is 447 g/mol. The van der Waals surface area contributed by atoms with Crippen molar-refractivity contribution in [3.05, 3.63) is 94.4 Å². The molecule has 0 bridgehead atoms. The quantitative estimate of drug-likeness (QED) is 0.323. The first-order valence-electron chi connectivity index (χ1n) is 8.96. The maximum absolute atomic E-state index is 12.9. The molecular formula is C22H13ClF3NO4. The third-order valence-corrected chi connectivity index (χ3v) is 5.10. The number of aliphatic hydroxyl groups excluding tert-OH is 1. The van der Waals surface area contributed by atoms with Gasteiger partial charge in [-0.25, -0.2) is 0 Å². The second kappa shape index (κ2) is 7.63. The van der Waals surface area contributed by atoms with Gasteiger partial charge in [-0.1, -0.05) is 11.6 Å². The SMILES string of the molecule is O=C1C(=O)N(c2ccc(C(F)(F)F)cc2)C(c2ccco2)/C1=C(/O)c1ccc(Cl)cc1. The molecule has 1 fully saturated rings. The van der Waals surface area contributed by atoms with Crippen LogP contribution in [-0.2, 0) is 15.8 Å². The number of nitrogens with zero attached hydrogens (tertiary/aromatic N) is 1.